The minimum Gasteiger partial charge on any atom is -0.407 e. The summed E-state index contributed by atoms with van der Waals surface area (Å²) in [5.41, 5.74) is 1.38. The molecular formula is C18H21N5O4. The quantitative estimate of drug-likeness (QED) is 0.676. The van der Waals surface area contributed by atoms with Crippen LogP contribution in [0.15, 0.2) is 31.9 Å². The van der Waals surface area contributed by atoms with Crippen LogP contribution in [0.2, 0.25) is 0 Å². The van der Waals surface area contributed by atoms with Crippen LogP contribution in [0.25, 0.3) is 11.1 Å². The lowest BCUT2D eigenvalue weighted by molar-refractivity contribution is 0.0625. The smallest absolute Gasteiger partial charge is 0.407 e. The van der Waals surface area contributed by atoms with Crippen LogP contribution in [0, 0.1) is 0 Å². The Morgan fingerprint density at radius 3 is 2.70 bits per heavy atom. The average Bonchev–Trinajstić information content (AvgIpc) is 3.26. The number of oxazole rings is 1. The third kappa shape index (κ3) is 3.25. The molecule has 1 aliphatic rings. The number of hydrogen-bond acceptors (Lipinski definition) is 7. The number of carbonyl (C=O) groups excluding carboxylic acids is 1. The normalized spacial score (nSPS) is 15.6. The number of hydrogen-bond donors (Lipinski definition) is 0. The van der Waals surface area contributed by atoms with Gasteiger partial charge in [0.1, 0.15) is 0 Å². The van der Waals surface area contributed by atoms with Crippen LogP contribution in [0.1, 0.15) is 29.0 Å². The molecule has 0 spiro atoms. The second kappa shape index (κ2) is 6.99. The molecule has 1 aliphatic heterocycles. The molecule has 0 atom stereocenters. The van der Waals surface area contributed by atoms with Crippen LogP contribution in [0.3, 0.4) is 0 Å². The molecule has 1 saturated heterocycles. The highest BCUT2D eigenvalue weighted by Crippen LogP contribution is 2.20. The summed E-state index contributed by atoms with van der Waals surface area (Å²) in [6, 6.07) is 5.23. The van der Waals surface area contributed by atoms with Crippen LogP contribution >= 0.6 is 0 Å². The van der Waals surface area contributed by atoms with E-state index in [0.717, 1.165) is 19.5 Å². The molecule has 0 bridgehead atoms. The van der Waals surface area contributed by atoms with Crippen LogP contribution in [-0.2, 0) is 20.0 Å². The zero-order valence-electron chi connectivity index (χ0n) is 15.3. The maximum Gasteiger partial charge on any atom is 0.419 e. The first kappa shape index (κ1) is 17.5. The average molecular weight is 371 g/mol. The fourth-order valence-corrected chi connectivity index (χ4v) is 3.30. The summed E-state index contributed by atoms with van der Waals surface area (Å²) in [7, 11) is 1.63. The van der Waals surface area contributed by atoms with Crippen molar-refractivity contribution in [3.05, 3.63) is 46.0 Å². The van der Waals surface area contributed by atoms with Gasteiger partial charge in [-0.3, -0.25) is 14.3 Å². The van der Waals surface area contributed by atoms with Gasteiger partial charge in [-0.2, -0.15) is 4.98 Å². The number of fused-ring (bicyclic) bond motifs is 1. The topological polar surface area (TPSA) is 97.6 Å². The monoisotopic (exact) mass is 371 g/mol. The largest absolute Gasteiger partial charge is 0.419 e. The molecule has 0 N–H and O–H groups in total. The molecule has 1 amide bonds. The summed E-state index contributed by atoms with van der Waals surface area (Å²) in [6.07, 6.45) is 0.719. The second-order valence-electron chi connectivity index (χ2n) is 6.61. The summed E-state index contributed by atoms with van der Waals surface area (Å²) >= 11 is 0. The fourth-order valence-electron chi connectivity index (χ4n) is 3.30. The van der Waals surface area contributed by atoms with Gasteiger partial charge in [-0.05, 0) is 12.1 Å². The summed E-state index contributed by atoms with van der Waals surface area (Å²) in [6.45, 7) is 5.19. The van der Waals surface area contributed by atoms with E-state index in [0.29, 0.717) is 48.0 Å². The van der Waals surface area contributed by atoms with Crippen molar-refractivity contribution >= 4 is 17.0 Å². The lowest BCUT2D eigenvalue weighted by Crippen LogP contribution is -2.48. The van der Waals surface area contributed by atoms with E-state index >= 15 is 0 Å². The Hall–Kier alpha value is -2.94. The minimum atomic E-state index is -0.471. The molecule has 9 nitrogen and oxygen atoms in total. The highest BCUT2D eigenvalue weighted by molar-refractivity contribution is 6.04. The maximum absolute atomic E-state index is 12.9. The maximum atomic E-state index is 12.9. The van der Waals surface area contributed by atoms with Crippen molar-refractivity contribution in [1.82, 2.24) is 24.5 Å². The molecule has 3 aromatic rings. The Bertz CT molecular complexity index is 1030. The third-order valence-corrected chi connectivity index (χ3v) is 4.89. The first-order valence-corrected chi connectivity index (χ1v) is 8.98. The highest BCUT2D eigenvalue weighted by Gasteiger charge is 2.25. The molecule has 27 heavy (non-hydrogen) atoms. The van der Waals surface area contributed by atoms with Crippen molar-refractivity contribution in [3.8, 4) is 0 Å². The molecule has 3 heterocycles. The minimum absolute atomic E-state index is 0.123. The fraction of sp³-hybridized carbons (Fsp3) is 0.444. The van der Waals surface area contributed by atoms with Crippen molar-refractivity contribution in [2.45, 2.75) is 19.9 Å². The number of carbonyl (C=O) groups is 1. The van der Waals surface area contributed by atoms with Gasteiger partial charge in [-0.25, -0.2) is 4.79 Å². The van der Waals surface area contributed by atoms with E-state index in [-0.39, 0.29) is 5.91 Å². The summed E-state index contributed by atoms with van der Waals surface area (Å²) in [5.74, 6) is 0.711. The molecule has 142 valence electrons. The molecule has 0 aliphatic carbocycles. The third-order valence-electron chi connectivity index (χ3n) is 4.89. The Balaban J connectivity index is 1.44. The zero-order chi connectivity index (χ0) is 19.0. The molecular weight excluding hydrogens is 350 g/mol. The second-order valence-corrected chi connectivity index (χ2v) is 6.61. The van der Waals surface area contributed by atoms with Crippen molar-refractivity contribution in [3.63, 3.8) is 0 Å². The van der Waals surface area contributed by atoms with Crippen molar-refractivity contribution < 1.29 is 13.7 Å². The number of para-hydroxylation sites is 1. The van der Waals surface area contributed by atoms with Gasteiger partial charge >= 0.3 is 5.76 Å². The molecule has 1 aromatic carbocycles. The van der Waals surface area contributed by atoms with Crippen LogP contribution < -0.4 is 5.76 Å². The van der Waals surface area contributed by atoms with E-state index in [1.54, 1.807) is 30.1 Å². The van der Waals surface area contributed by atoms with Crippen molar-refractivity contribution in [2.75, 3.05) is 26.2 Å². The van der Waals surface area contributed by atoms with Gasteiger partial charge in [0.05, 0.1) is 17.6 Å². The van der Waals surface area contributed by atoms with Gasteiger partial charge in [-0.15, -0.1) is 0 Å². The van der Waals surface area contributed by atoms with Gasteiger partial charge < -0.3 is 13.8 Å². The van der Waals surface area contributed by atoms with E-state index in [1.165, 1.54) is 4.57 Å². The van der Waals surface area contributed by atoms with Gasteiger partial charge in [0.15, 0.2) is 11.4 Å². The summed E-state index contributed by atoms with van der Waals surface area (Å²) < 4.78 is 11.8. The Morgan fingerprint density at radius 1 is 1.22 bits per heavy atom. The summed E-state index contributed by atoms with van der Waals surface area (Å²) in [4.78, 5) is 33.0. The molecule has 4 rings (SSSR count). The summed E-state index contributed by atoms with van der Waals surface area (Å²) in [5, 5.41) is 3.97. The number of rotatable bonds is 4. The SMILES string of the molecule is CCc1nc(CN2CCN(C(=O)c3cccc4c3oc(=O)n4C)CC2)no1. The molecule has 0 saturated carbocycles. The number of aromatic nitrogens is 3. The lowest BCUT2D eigenvalue weighted by atomic mass is 10.1. The number of nitrogens with zero attached hydrogens (tertiary/aromatic N) is 5. The molecule has 0 radical (unpaired) electrons. The first-order chi connectivity index (χ1) is 13.1. The first-order valence-electron chi connectivity index (χ1n) is 8.98. The standard InChI is InChI=1S/C18H21N5O4/c1-3-15-19-14(20-27-15)11-22-7-9-23(10-8-22)17(24)12-5-4-6-13-16(12)26-18(25)21(13)2/h4-6H,3,7-11H2,1-2H3. The van der Waals surface area contributed by atoms with E-state index in [9.17, 15) is 9.59 Å². The van der Waals surface area contributed by atoms with E-state index < -0.39 is 5.76 Å². The number of piperazine rings is 1. The van der Waals surface area contributed by atoms with Crippen molar-refractivity contribution in [2.24, 2.45) is 7.05 Å². The zero-order valence-corrected chi connectivity index (χ0v) is 15.3. The number of aryl methyl sites for hydroxylation is 2. The van der Waals surface area contributed by atoms with Crippen LogP contribution in [0.4, 0.5) is 0 Å². The lowest BCUT2D eigenvalue weighted by Gasteiger charge is -2.34. The van der Waals surface area contributed by atoms with Crippen LogP contribution in [0.5, 0.6) is 0 Å². The van der Waals surface area contributed by atoms with Gasteiger partial charge in [0, 0.05) is 39.6 Å². The van der Waals surface area contributed by atoms with E-state index in [4.69, 9.17) is 8.94 Å². The highest BCUT2D eigenvalue weighted by atomic mass is 16.5. The Kier molecular flexibility index (Phi) is 4.53. The number of benzene rings is 1. The van der Waals surface area contributed by atoms with E-state index in [2.05, 4.69) is 15.0 Å². The molecule has 9 heteroatoms. The van der Waals surface area contributed by atoms with Gasteiger partial charge in [-0.1, -0.05) is 18.1 Å². The predicted molar refractivity (Wildman–Crippen MR) is 96.3 cm³/mol. The predicted octanol–water partition coefficient (Wildman–Crippen LogP) is 1.03. The molecule has 1 fully saturated rings. The Morgan fingerprint density at radius 2 is 2.00 bits per heavy atom. The van der Waals surface area contributed by atoms with Crippen molar-refractivity contribution in [1.29, 1.82) is 0 Å². The van der Waals surface area contributed by atoms with E-state index in [1.807, 2.05) is 6.92 Å². The van der Waals surface area contributed by atoms with Gasteiger partial charge in [0.25, 0.3) is 5.91 Å². The molecule has 0 unspecified atom stereocenters. The van der Waals surface area contributed by atoms with Gasteiger partial charge in [0.2, 0.25) is 5.89 Å². The van der Waals surface area contributed by atoms with Crippen LogP contribution in [-0.4, -0.2) is 56.6 Å². The Labute approximate surface area is 155 Å². The molecule has 2 aromatic heterocycles. The number of amides is 1.